The normalized spacial score (nSPS) is 10.2. The van der Waals surface area contributed by atoms with Gasteiger partial charge in [0.25, 0.3) is 0 Å². The monoisotopic (exact) mass is 159 g/mol. The number of hydrogen-bond acceptors (Lipinski definition) is 2. The van der Waals surface area contributed by atoms with Gasteiger partial charge in [0.2, 0.25) is 0 Å². The van der Waals surface area contributed by atoms with Crippen molar-refractivity contribution in [3.8, 4) is 0 Å². The number of nitrogens with two attached hydrogens (primary N) is 1. The van der Waals surface area contributed by atoms with Crippen LogP contribution in [0.3, 0.4) is 0 Å². The second-order valence-electron chi connectivity index (χ2n) is 2.67. The summed E-state index contributed by atoms with van der Waals surface area (Å²) >= 11 is 0. The number of methoxy groups -OCH3 is 1. The van der Waals surface area contributed by atoms with E-state index in [-0.39, 0.29) is 12.0 Å². The van der Waals surface area contributed by atoms with E-state index in [2.05, 4.69) is 0 Å². The van der Waals surface area contributed by atoms with Gasteiger partial charge in [-0.25, -0.2) is 0 Å². The molecule has 0 unspecified atom stereocenters. The summed E-state index contributed by atoms with van der Waals surface area (Å²) in [6.07, 6.45) is 0. The van der Waals surface area contributed by atoms with Crippen molar-refractivity contribution in [3.05, 3.63) is 0 Å². The molecule has 0 aromatic carbocycles. The van der Waals surface area contributed by atoms with Crippen LogP contribution in [-0.4, -0.2) is 37.2 Å². The Morgan fingerprint density at radius 2 is 2.18 bits per heavy atom. The Kier molecular flexibility index (Phi) is 4.61. The molecular formula is C7H17N3O. The molecule has 0 heterocycles. The Balaban J connectivity index is 3.80. The van der Waals surface area contributed by atoms with Crippen molar-refractivity contribution in [3.63, 3.8) is 0 Å². The molecule has 3 N–H and O–H groups in total. The molecule has 0 aromatic heterocycles. The van der Waals surface area contributed by atoms with E-state index in [1.807, 2.05) is 13.8 Å². The van der Waals surface area contributed by atoms with Crippen LogP contribution in [0.1, 0.15) is 13.8 Å². The van der Waals surface area contributed by atoms with Crippen LogP contribution >= 0.6 is 0 Å². The van der Waals surface area contributed by atoms with Crippen LogP contribution in [0.5, 0.6) is 0 Å². The first kappa shape index (κ1) is 10.2. The lowest BCUT2D eigenvalue weighted by Gasteiger charge is -2.26. The highest BCUT2D eigenvalue weighted by Gasteiger charge is 2.08. The number of guanidine groups is 1. The number of nitrogens with zero attached hydrogens (tertiary/aromatic N) is 1. The minimum atomic E-state index is 0.108. The zero-order chi connectivity index (χ0) is 8.85. The topological polar surface area (TPSA) is 62.3 Å². The fourth-order valence-corrected chi connectivity index (χ4v) is 0.846. The zero-order valence-corrected chi connectivity index (χ0v) is 7.42. The molecule has 0 atom stereocenters. The van der Waals surface area contributed by atoms with Crippen molar-refractivity contribution in [1.82, 2.24) is 4.90 Å². The van der Waals surface area contributed by atoms with Gasteiger partial charge in [-0.15, -0.1) is 0 Å². The lowest BCUT2D eigenvalue weighted by molar-refractivity contribution is 0.166. The molecule has 0 saturated carbocycles. The van der Waals surface area contributed by atoms with Crippen molar-refractivity contribution in [2.45, 2.75) is 19.9 Å². The molecule has 4 heteroatoms. The summed E-state index contributed by atoms with van der Waals surface area (Å²) in [6.45, 7) is 5.29. The molecule has 0 fully saturated rings. The first-order valence-corrected chi connectivity index (χ1v) is 3.69. The second kappa shape index (κ2) is 4.96. The molecule has 0 radical (unpaired) electrons. The van der Waals surface area contributed by atoms with Crippen molar-refractivity contribution < 1.29 is 4.74 Å². The molecule has 0 spiro atoms. The van der Waals surface area contributed by atoms with Crippen molar-refractivity contribution in [1.29, 1.82) is 5.41 Å². The lowest BCUT2D eigenvalue weighted by atomic mass is 10.3. The first-order chi connectivity index (χ1) is 5.09. The van der Waals surface area contributed by atoms with Crippen LogP contribution in [0.15, 0.2) is 0 Å². The van der Waals surface area contributed by atoms with E-state index in [4.69, 9.17) is 15.9 Å². The minimum Gasteiger partial charge on any atom is -0.383 e. The molecule has 0 aliphatic carbocycles. The average Bonchev–Trinajstić information content (AvgIpc) is 1.87. The fraction of sp³-hybridized carbons (Fsp3) is 0.857. The lowest BCUT2D eigenvalue weighted by Crippen LogP contribution is -2.43. The Labute approximate surface area is 67.8 Å². The molecule has 11 heavy (non-hydrogen) atoms. The van der Waals surface area contributed by atoms with E-state index in [0.717, 1.165) is 0 Å². The molecule has 0 aliphatic heterocycles. The highest BCUT2D eigenvalue weighted by molar-refractivity contribution is 5.74. The van der Waals surface area contributed by atoms with Crippen molar-refractivity contribution in [2.75, 3.05) is 20.3 Å². The Hall–Kier alpha value is -0.770. The largest absolute Gasteiger partial charge is 0.383 e. The molecule has 0 aliphatic rings. The summed E-state index contributed by atoms with van der Waals surface area (Å²) in [6, 6.07) is 0.266. The standard InChI is InChI=1S/C7H17N3O/c1-6(2)10(7(8)9)4-5-11-3/h6H,4-5H2,1-3H3,(H3,8,9). The van der Waals surface area contributed by atoms with Gasteiger partial charge in [0, 0.05) is 19.7 Å². The van der Waals surface area contributed by atoms with E-state index < -0.39 is 0 Å². The molecule has 0 bridgehead atoms. The van der Waals surface area contributed by atoms with Gasteiger partial charge >= 0.3 is 0 Å². The van der Waals surface area contributed by atoms with Gasteiger partial charge in [0.1, 0.15) is 0 Å². The number of hydrogen-bond donors (Lipinski definition) is 2. The predicted molar refractivity (Wildman–Crippen MR) is 45.6 cm³/mol. The van der Waals surface area contributed by atoms with E-state index in [1.165, 1.54) is 0 Å². The molecule has 0 rings (SSSR count). The van der Waals surface area contributed by atoms with Crippen LogP contribution in [0.2, 0.25) is 0 Å². The molecule has 0 saturated heterocycles. The molecule has 66 valence electrons. The van der Waals surface area contributed by atoms with E-state index >= 15 is 0 Å². The van der Waals surface area contributed by atoms with Crippen LogP contribution in [-0.2, 0) is 4.74 Å². The zero-order valence-electron chi connectivity index (χ0n) is 7.42. The van der Waals surface area contributed by atoms with Crippen LogP contribution < -0.4 is 5.73 Å². The highest BCUT2D eigenvalue weighted by Crippen LogP contribution is 1.95. The SMILES string of the molecule is COCCN(C(=N)N)C(C)C. The summed E-state index contributed by atoms with van der Waals surface area (Å²) in [5.41, 5.74) is 5.33. The summed E-state index contributed by atoms with van der Waals surface area (Å²) in [5.74, 6) is 0.108. The summed E-state index contributed by atoms with van der Waals surface area (Å²) in [4.78, 5) is 1.78. The van der Waals surface area contributed by atoms with Gasteiger partial charge in [-0.05, 0) is 13.8 Å². The van der Waals surface area contributed by atoms with Gasteiger partial charge in [-0.2, -0.15) is 0 Å². The molecule has 4 nitrogen and oxygen atoms in total. The van der Waals surface area contributed by atoms with E-state index in [1.54, 1.807) is 12.0 Å². The van der Waals surface area contributed by atoms with Crippen molar-refractivity contribution in [2.24, 2.45) is 5.73 Å². The third kappa shape index (κ3) is 3.83. The number of ether oxygens (including phenoxy) is 1. The summed E-state index contributed by atoms with van der Waals surface area (Å²) < 4.78 is 4.88. The van der Waals surface area contributed by atoms with Gasteiger partial charge in [0.05, 0.1) is 6.61 Å². The van der Waals surface area contributed by atoms with Gasteiger partial charge < -0.3 is 15.4 Å². The number of nitrogens with one attached hydrogen (secondary N) is 1. The van der Waals surface area contributed by atoms with E-state index in [0.29, 0.717) is 13.2 Å². The predicted octanol–water partition coefficient (Wildman–Crippen LogP) is 0.237. The fourth-order valence-electron chi connectivity index (χ4n) is 0.846. The molecular weight excluding hydrogens is 142 g/mol. The van der Waals surface area contributed by atoms with Crippen molar-refractivity contribution >= 4 is 5.96 Å². The second-order valence-corrected chi connectivity index (χ2v) is 2.67. The summed E-state index contributed by atoms with van der Waals surface area (Å²) in [7, 11) is 1.64. The smallest absolute Gasteiger partial charge is 0.188 e. The molecule has 0 aromatic rings. The van der Waals surface area contributed by atoms with Crippen LogP contribution in [0.25, 0.3) is 0 Å². The van der Waals surface area contributed by atoms with Gasteiger partial charge in [-0.1, -0.05) is 0 Å². The third-order valence-corrected chi connectivity index (χ3v) is 1.47. The Morgan fingerprint density at radius 3 is 2.45 bits per heavy atom. The Bertz CT molecular complexity index is 125. The van der Waals surface area contributed by atoms with E-state index in [9.17, 15) is 0 Å². The quantitative estimate of drug-likeness (QED) is 0.456. The maximum absolute atomic E-state index is 7.21. The van der Waals surface area contributed by atoms with Crippen LogP contribution in [0, 0.1) is 5.41 Å². The average molecular weight is 159 g/mol. The van der Waals surface area contributed by atoms with Gasteiger partial charge in [-0.3, -0.25) is 5.41 Å². The first-order valence-electron chi connectivity index (χ1n) is 3.69. The number of rotatable bonds is 4. The highest BCUT2D eigenvalue weighted by atomic mass is 16.5. The summed E-state index contributed by atoms with van der Waals surface area (Å²) in [5, 5.41) is 7.21. The van der Waals surface area contributed by atoms with Crippen LogP contribution in [0.4, 0.5) is 0 Å². The maximum Gasteiger partial charge on any atom is 0.188 e. The maximum atomic E-state index is 7.21. The molecule has 0 amide bonds. The van der Waals surface area contributed by atoms with Gasteiger partial charge in [0.15, 0.2) is 5.96 Å². The minimum absolute atomic E-state index is 0.108. The Morgan fingerprint density at radius 1 is 1.64 bits per heavy atom. The third-order valence-electron chi connectivity index (χ3n) is 1.47.